The molecule has 0 aromatic heterocycles. The largest absolute Gasteiger partial charge is 0.465 e. The summed E-state index contributed by atoms with van der Waals surface area (Å²) in [4.78, 5) is 0. The van der Waals surface area contributed by atoms with Crippen molar-refractivity contribution >= 4 is 6.02 Å². The van der Waals surface area contributed by atoms with E-state index >= 15 is 0 Å². The van der Waals surface area contributed by atoms with Gasteiger partial charge in [0.05, 0.1) is 6.61 Å². The molecule has 0 fully saturated rings. The van der Waals surface area contributed by atoms with Crippen molar-refractivity contribution in [3.05, 3.63) is 59.7 Å². The third-order valence-electron chi connectivity index (χ3n) is 4.15. The summed E-state index contributed by atoms with van der Waals surface area (Å²) < 4.78 is 5.20. The first-order valence-electron chi connectivity index (χ1n) is 7.37. The maximum absolute atomic E-state index is 7.19. The number of nitrogens with two attached hydrogens (primary N) is 1. The highest BCUT2D eigenvalue weighted by Crippen LogP contribution is 2.33. The molecular weight excluding hydrogens is 260 g/mol. The van der Waals surface area contributed by atoms with Crippen molar-refractivity contribution in [2.24, 2.45) is 11.7 Å². The molecule has 1 unspecified atom stereocenters. The molecular formula is C18H20N2O. The van der Waals surface area contributed by atoms with Gasteiger partial charge in [-0.15, -0.1) is 0 Å². The van der Waals surface area contributed by atoms with Gasteiger partial charge in [0.2, 0.25) is 0 Å². The van der Waals surface area contributed by atoms with E-state index < -0.39 is 0 Å². The molecule has 0 bridgehead atoms. The first kappa shape index (κ1) is 13.7. The van der Waals surface area contributed by atoms with Gasteiger partial charge in [0, 0.05) is 0 Å². The van der Waals surface area contributed by atoms with Crippen LogP contribution in [0.4, 0.5) is 0 Å². The Kier molecular flexibility index (Phi) is 3.91. The monoisotopic (exact) mass is 280 g/mol. The molecule has 21 heavy (non-hydrogen) atoms. The van der Waals surface area contributed by atoms with Crippen LogP contribution in [0, 0.1) is 11.3 Å². The molecule has 3 nitrogen and oxygen atoms in total. The molecule has 0 aliphatic heterocycles. The Morgan fingerprint density at radius 2 is 1.95 bits per heavy atom. The molecule has 2 aromatic rings. The number of rotatable bonds is 3. The first-order valence-corrected chi connectivity index (χ1v) is 7.37. The van der Waals surface area contributed by atoms with Gasteiger partial charge in [-0.3, -0.25) is 5.41 Å². The second-order valence-electron chi connectivity index (χ2n) is 5.59. The number of aryl methyl sites for hydroxylation is 1. The van der Waals surface area contributed by atoms with Crippen molar-refractivity contribution in [1.29, 1.82) is 5.41 Å². The van der Waals surface area contributed by atoms with Crippen LogP contribution >= 0.6 is 0 Å². The minimum absolute atomic E-state index is 0.183. The molecule has 3 rings (SSSR count). The fraction of sp³-hybridized carbons (Fsp3) is 0.278. The highest BCUT2D eigenvalue weighted by molar-refractivity contribution is 5.69. The van der Waals surface area contributed by atoms with Crippen molar-refractivity contribution in [2.45, 2.75) is 19.3 Å². The average Bonchev–Trinajstić information content (AvgIpc) is 2.53. The molecule has 0 saturated carbocycles. The van der Waals surface area contributed by atoms with E-state index in [9.17, 15) is 0 Å². The lowest BCUT2D eigenvalue weighted by Gasteiger charge is -2.26. The van der Waals surface area contributed by atoms with E-state index in [1.54, 1.807) is 0 Å². The molecule has 0 spiro atoms. The second-order valence-corrected chi connectivity index (χ2v) is 5.59. The summed E-state index contributed by atoms with van der Waals surface area (Å²) in [5.74, 6) is 0.436. The van der Waals surface area contributed by atoms with E-state index in [2.05, 4.69) is 42.5 Å². The van der Waals surface area contributed by atoms with Crippen molar-refractivity contribution in [1.82, 2.24) is 0 Å². The Balaban J connectivity index is 1.88. The fourth-order valence-corrected chi connectivity index (χ4v) is 3.10. The molecule has 1 aliphatic rings. The number of hydrogen-bond acceptors (Lipinski definition) is 2. The zero-order valence-electron chi connectivity index (χ0n) is 12.0. The van der Waals surface area contributed by atoms with Crippen LogP contribution in [0.2, 0.25) is 0 Å². The van der Waals surface area contributed by atoms with Crippen LogP contribution in [0.3, 0.4) is 0 Å². The highest BCUT2D eigenvalue weighted by atomic mass is 16.5. The zero-order chi connectivity index (χ0) is 14.7. The van der Waals surface area contributed by atoms with E-state index in [-0.39, 0.29) is 6.02 Å². The molecule has 3 heteroatoms. The van der Waals surface area contributed by atoms with Crippen LogP contribution in [-0.4, -0.2) is 12.6 Å². The molecule has 2 aromatic carbocycles. The summed E-state index contributed by atoms with van der Waals surface area (Å²) in [6.45, 7) is 0.540. The SMILES string of the molecule is N=C(N)OCC1CCc2cccc(-c3ccccc3)c2C1. The lowest BCUT2D eigenvalue weighted by atomic mass is 9.80. The van der Waals surface area contributed by atoms with Crippen molar-refractivity contribution in [3.63, 3.8) is 0 Å². The number of ether oxygens (including phenoxy) is 1. The molecule has 0 saturated heterocycles. The van der Waals surface area contributed by atoms with Crippen molar-refractivity contribution < 1.29 is 4.74 Å². The Labute approximate surface area is 125 Å². The average molecular weight is 280 g/mol. The van der Waals surface area contributed by atoms with Gasteiger partial charge < -0.3 is 10.5 Å². The third-order valence-corrected chi connectivity index (χ3v) is 4.15. The van der Waals surface area contributed by atoms with Gasteiger partial charge in [0.1, 0.15) is 0 Å². The maximum atomic E-state index is 7.19. The number of benzene rings is 2. The van der Waals surface area contributed by atoms with Crippen LogP contribution in [0.5, 0.6) is 0 Å². The van der Waals surface area contributed by atoms with Gasteiger partial charge in [0.25, 0.3) is 6.02 Å². The Hall–Kier alpha value is -2.29. The van der Waals surface area contributed by atoms with Crippen LogP contribution < -0.4 is 5.73 Å². The van der Waals surface area contributed by atoms with E-state index in [0.29, 0.717) is 12.5 Å². The lowest BCUT2D eigenvalue weighted by molar-refractivity contribution is 0.218. The predicted octanol–water partition coefficient (Wildman–Crippen LogP) is 3.37. The minimum atomic E-state index is -0.183. The van der Waals surface area contributed by atoms with E-state index in [4.69, 9.17) is 15.9 Å². The maximum Gasteiger partial charge on any atom is 0.279 e. The van der Waals surface area contributed by atoms with E-state index in [1.807, 2.05) is 6.07 Å². The van der Waals surface area contributed by atoms with Gasteiger partial charge in [-0.05, 0) is 47.4 Å². The lowest BCUT2D eigenvalue weighted by Crippen LogP contribution is -2.24. The quantitative estimate of drug-likeness (QED) is 0.669. The smallest absolute Gasteiger partial charge is 0.279 e. The fourth-order valence-electron chi connectivity index (χ4n) is 3.10. The molecule has 0 radical (unpaired) electrons. The van der Waals surface area contributed by atoms with Gasteiger partial charge in [-0.25, -0.2) is 0 Å². The molecule has 1 aliphatic carbocycles. The Morgan fingerprint density at radius 1 is 1.14 bits per heavy atom. The van der Waals surface area contributed by atoms with Crippen LogP contribution in [-0.2, 0) is 17.6 Å². The molecule has 0 heterocycles. The van der Waals surface area contributed by atoms with Gasteiger partial charge in [-0.1, -0.05) is 48.5 Å². The predicted molar refractivity (Wildman–Crippen MR) is 85.3 cm³/mol. The van der Waals surface area contributed by atoms with Gasteiger partial charge in [0.15, 0.2) is 0 Å². The van der Waals surface area contributed by atoms with Gasteiger partial charge >= 0.3 is 0 Å². The summed E-state index contributed by atoms with van der Waals surface area (Å²) in [5.41, 5.74) is 10.7. The summed E-state index contributed by atoms with van der Waals surface area (Å²) in [6.07, 6.45) is 3.16. The van der Waals surface area contributed by atoms with Crippen molar-refractivity contribution in [2.75, 3.05) is 6.61 Å². The second kappa shape index (κ2) is 6.00. The summed E-state index contributed by atoms with van der Waals surface area (Å²) >= 11 is 0. The zero-order valence-corrected chi connectivity index (χ0v) is 12.0. The number of amidine groups is 1. The Bertz CT molecular complexity index is 637. The van der Waals surface area contributed by atoms with E-state index in [1.165, 1.54) is 22.3 Å². The number of hydrogen-bond donors (Lipinski definition) is 2. The molecule has 3 N–H and O–H groups in total. The topological polar surface area (TPSA) is 59.1 Å². The minimum Gasteiger partial charge on any atom is -0.465 e. The van der Waals surface area contributed by atoms with Crippen LogP contribution in [0.15, 0.2) is 48.5 Å². The molecule has 0 amide bonds. The van der Waals surface area contributed by atoms with Gasteiger partial charge in [-0.2, -0.15) is 0 Å². The summed E-state index contributed by atoms with van der Waals surface area (Å²) in [5, 5.41) is 7.19. The third kappa shape index (κ3) is 3.07. The summed E-state index contributed by atoms with van der Waals surface area (Å²) in [6, 6.07) is 16.9. The standard InChI is InChI=1S/C18H20N2O/c19-18(20)21-12-13-9-10-15-7-4-8-16(17(15)11-13)14-5-2-1-3-6-14/h1-8,13H,9-12H2,(H3,19,20). The van der Waals surface area contributed by atoms with Crippen molar-refractivity contribution in [3.8, 4) is 11.1 Å². The Morgan fingerprint density at radius 3 is 2.71 bits per heavy atom. The number of fused-ring (bicyclic) bond motifs is 1. The van der Waals surface area contributed by atoms with E-state index in [0.717, 1.165) is 19.3 Å². The first-order chi connectivity index (χ1) is 10.2. The molecule has 108 valence electrons. The highest BCUT2D eigenvalue weighted by Gasteiger charge is 2.22. The summed E-state index contributed by atoms with van der Waals surface area (Å²) in [7, 11) is 0. The van der Waals surface area contributed by atoms with Crippen LogP contribution in [0.25, 0.3) is 11.1 Å². The normalized spacial score (nSPS) is 17.0. The molecule has 1 atom stereocenters. The number of nitrogens with one attached hydrogen (secondary N) is 1. The van der Waals surface area contributed by atoms with Crippen LogP contribution in [0.1, 0.15) is 17.5 Å².